The molecule has 1 amide bonds. The minimum Gasteiger partial charge on any atom is -0.338 e. The van der Waals surface area contributed by atoms with Crippen molar-refractivity contribution in [2.24, 2.45) is 0 Å². The number of amides is 1. The van der Waals surface area contributed by atoms with E-state index >= 15 is 0 Å². The molecule has 30 heavy (non-hydrogen) atoms. The van der Waals surface area contributed by atoms with Gasteiger partial charge >= 0.3 is 0 Å². The lowest BCUT2D eigenvalue weighted by atomic mass is 9.87. The third-order valence-electron chi connectivity index (χ3n) is 4.38. The SMILES string of the molecule is CC(=O)Nc1ccc(S(=O)(=O)NCc2nc(-c3ccc(C(C)(C)C)cc3)no2)cc1. The second-order valence-corrected chi connectivity index (χ2v) is 9.64. The van der Waals surface area contributed by atoms with Crippen molar-refractivity contribution in [2.45, 2.75) is 44.6 Å². The zero-order valence-electron chi connectivity index (χ0n) is 17.3. The van der Waals surface area contributed by atoms with E-state index in [0.717, 1.165) is 5.56 Å². The van der Waals surface area contributed by atoms with Gasteiger partial charge in [0.1, 0.15) is 0 Å². The molecule has 3 rings (SSSR count). The third-order valence-corrected chi connectivity index (χ3v) is 5.79. The summed E-state index contributed by atoms with van der Waals surface area (Å²) < 4.78 is 32.5. The smallest absolute Gasteiger partial charge is 0.242 e. The number of benzene rings is 2. The van der Waals surface area contributed by atoms with Crippen LogP contribution in [0.5, 0.6) is 0 Å². The Balaban J connectivity index is 1.66. The van der Waals surface area contributed by atoms with Gasteiger partial charge in [-0.05, 0) is 35.2 Å². The number of aromatic nitrogens is 2. The summed E-state index contributed by atoms with van der Waals surface area (Å²) in [5.41, 5.74) is 2.53. The monoisotopic (exact) mass is 428 g/mol. The van der Waals surface area contributed by atoms with Crippen LogP contribution < -0.4 is 10.0 Å². The molecule has 158 valence electrons. The van der Waals surface area contributed by atoms with Gasteiger partial charge in [0.2, 0.25) is 27.6 Å². The fourth-order valence-corrected chi connectivity index (χ4v) is 3.70. The number of hydrogen-bond donors (Lipinski definition) is 2. The van der Waals surface area contributed by atoms with Crippen LogP contribution in [0, 0.1) is 0 Å². The van der Waals surface area contributed by atoms with Gasteiger partial charge < -0.3 is 9.84 Å². The lowest BCUT2D eigenvalue weighted by Crippen LogP contribution is -2.23. The number of carbonyl (C=O) groups excluding carboxylic acids is 1. The summed E-state index contributed by atoms with van der Waals surface area (Å²) in [5, 5.41) is 6.51. The number of nitrogens with zero attached hydrogens (tertiary/aromatic N) is 2. The molecule has 0 unspecified atom stereocenters. The first-order valence-electron chi connectivity index (χ1n) is 9.35. The lowest BCUT2D eigenvalue weighted by molar-refractivity contribution is -0.114. The number of carbonyl (C=O) groups is 1. The van der Waals surface area contributed by atoms with Crippen LogP contribution in [0.4, 0.5) is 5.69 Å². The maximum atomic E-state index is 12.5. The van der Waals surface area contributed by atoms with Gasteiger partial charge in [-0.15, -0.1) is 0 Å². The van der Waals surface area contributed by atoms with Crippen LogP contribution in [0.3, 0.4) is 0 Å². The Hall–Kier alpha value is -3.04. The summed E-state index contributed by atoms with van der Waals surface area (Å²) in [4.78, 5) is 15.4. The number of nitrogens with one attached hydrogen (secondary N) is 2. The highest BCUT2D eigenvalue weighted by Gasteiger charge is 2.17. The molecule has 2 aromatic carbocycles. The topological polar surface area (TPSA) is 114 Å². The first-order chi connectivity index (χ1) is 14.0. The summed E-state index contributed by atoms with van der Waals surface area (Å²) in [6.07, 6.45) is 0. The number of rotatable bonds is 6. The van der Waals surface area contributed by atoms with E-state index in [0.29, 0.717) is 11.5 Å². The van der Waals surface area contributed by atoms with Crippen molar-refractivity contribution in [3.8, 4) is 11.4 Å². The van der Waals surface area contributed by atoms with Crippen molar-refractivity contribution >= 4 is 21.6 Å². The van der Waals surface area contributed by atoms with Gasteiger partial charge in [-0.25, -0.2) is 13.1 Å². The fourth-order valence-electron chi connectivity index (χ4n) is 2.72. The molecule has 0 atom stereocenters. The Kier molecular flexibility index (Phi) is 6.04. The van der Waals surface area contributed by atoms with Crippen LogP contribution in [0.25, 0.3) is 11.4 Å². The van der Waals surface area contributed by atoms with Crippen molar-refractivity contribution in [3.63, 3.8) is 0 Å². The van der Waals surface area contributed by atoms with E-state index in [1.807, 2.05) is 24.3 Å². The molecular formula is C21H24N4O4S. The maximum absolute atomic E-state index is 12.5. The zero-order valence-corrected chi connectivity index (χ0v) is 18.1. The molecular weight excluding hydrogens is 404 g/mol. The Morgan fingerprint density at radius 2 is 1.67 bits per heavy atom. The van der Waals surface area contributed by atoms with Crippen LogP contribution in [0.2, 0.25) is 0 Å². The van der Waals surface area contributed by atoms with Crippen LogP contribution >= 0.6 is 0 Å². The maximum Gasteiger partial charge on any atom is 0.242 e. The van der Waals surface area contributed by atoms with Crippen molar-refractivity contribution in [1.82, 2.24) is 14.9 Å². The highest BCUT2D eigenvalue weighted by atomic mass is 32.2. The summed E-state index contributed by atoms with van der Waals surface area (Å²) in [6, 6.07) is 13.7. The normalized spacial score (nSPS) is 12.0. The Bertz CT molecular complexity index is 1130. The van der Waals surface area contributed by atoms with Gasteiger partial charge in [0.25, 0.3) is 0 Å². The highest BCUT2D eigenvalue weighted by molar-refractivity contribution is 7.89. The van der Waals surface area contributed by atoms with Crippen molar-refractivity contribution in [2.75, 3.05) is 5.32 Å². The summed E-state index contributed by atoms with van der Waals surface area (Å²) in [6.45, 7) is 7.64. The van der Waals surface area contributed by atoms with Crippen LogP contribution in [0.15, 0.2) is 57.9 Å². The molecule has 0 radical (unpaired) electrons. The molecule has 0 saturated carbocycles. The van der Waals surface area contributed by atoms with E-state index < -0.39 is 10.0 Å². The molecule has 8 nitrogen and oxygen atoms in total. The van der Waals surface area contributed by atoms with Gasteiger partial charge in [-0.1, -0.05) is 50.2 Å². The summed E-state index contributed by atoms with van der Waals surface area (Å²) >= 11 is 0. The van der Waals surface area contributed by atoms with E-state index in [9.17, 15) is 13.2 Å². The van der Waals surface area contributed by atoms with Crippen LogP contribution in [0.1, 0.15) is 39.1 Å². The standard InChI is InChI=1S/C21H24N4O4S/c1-14(26)23-17-9-11-18(12-10-17)30(27,28)22-13-19-24-20(25-29-19)15-5-7-16(8-6-15)21(2,3)4/h5-12,22H,13H2,1-4H3,(H,23,26). The Morgan fingerprint density at radius 3 is 2.23 bits per heavy atom. The van der Waals surface area contributed by atoms with Gasteiger partial charge in [-0.2, -0.15) is 4.98 Å². The predicted molar refractivity (Wildman–Crippen MR) is 113 cm³/mol. The Labute approximate surface area is 175 Å². The predicted octanol–water partition coefficient (Wildman–Crippen LogP) is 3.47. The van der Waals surface area contributed by atoms with Crippen molar-refractivity contribution in [1.29, 1.82) is 0 Å². The summed E-state index contributed by atoms with van der Waals surface area (Å²) in [5.74, 6) is 0.316. The summed E-state index contributed by atoms with van der Waals surface area (Å²) in [7, 11) is -3.77. The van der Waals surface area contributed by atoms with Crippen LogP contribution in [-0.2, 0) is 26.8 Å². The van der Waals surface area contributed by atoms with E-state index in [1.165, 1.54) is 36.8 Å². The zero-order chi connectivity index (χ0) is 21.9. The van der Waals surface area contributed by atoms with E-state index in [4.69, 9.17) is 4.52 Å². The average Bonchev–Trinajstić information content (AvgIpc) is 3.15. The molecule has 1 heterocycles. The molecule has 0 saturated heterocycles. The minimum absolute atomic E-state index is 0.0412. The minimum atomic E-state index is -3.77. The molecule has 0 aliphatic heterocycles. The largest absolute Gasteiger partial charge is 0.338 e. The average molecular weight is 429 g/mol. The molecule has 0 aliphatic carbocycles. The molecule has 0 spiro atoms. The lowest BCUT2D eigenvalue weighted by Gasteiger charge is -2.18. The first-order valence-corrected chi connectivity index (χ1v) is 10.8. The molecule has 3 aromatic rings. The first kappa shape index (κ1) is 21.7. The quantitative estimate of drug-likeness (QED) is 0.621. The van der Waals surface area contributed by atoms with Gasteiger partial charge in [0, 0.05) is 18.2 Å². The molecule has 0 fully saturated rings. The molecule has 1 aromatic heterocycles. The van der Waals surface area contributed by atoms with Crippen LogP contribution in [-0.4, -0.2) is 24.5 Å². The van der Waals surface area contributed by atoms with Crippen molar-refractivity contribution < 1.29 is 17.7 Å². The molecule has 9 heteroatoms. The Morgan fingerprint density at radius 1 is 1.03 bits per heavy atom. The number of hydrogen-bond acceptors (Lipinski definition) is 6. The molecule has 0 aliphatic rings. The van der Waals surface area contributed by atoms with E-state index in [1.54, 1.807) is 0 Å². The van der Waals surface area contributed by atoms with Gasteiger partial charge in [0.15, 0.2) is 0 Å². The van der Waals surface area contributed by atoms with Gasteiger partial charge in [-0.3, -0.25) is 4.79 Å². The van der Waals surface area contributed by atoms with E-state index in [-0.39, 0.29) is 28.7 Å². The van der Waals surface area contributed by atoms with E-state index in [2.05, 4.69) is 41.0 Å². The highest BCUT2D eigenvalue weighted by Crippen LogP contribution is 2.25. The van der Waals surface area contributed by atoms with Crippen molar-refractivity contribution in [3.05, 3.63) is 60.0 Å². The number of sulfonamides is 1. The number of anilines is 1. The molecule has 2 N–H and O–H groups in total. The van der Waals surface area contributed by atoms with Gasteiger partial charge in [0.05, 0.1) is 11.4 Å². The third kappa shape index (κ3) is 5.31. The second kappa shape index (κ2) is 8.37. The molecule has 0 bridgehead atoms. The second-order valence-electron chi connectivity index (χ2n) is 7.87. The fraction of sp³-hybridized carbons (Fsp3) is 0.286.